The SMILES string of the molecule is CC1(C)CN(c2cc(Cl)cc(Cl)c2)CCCN1. The van der Waals surface area contributed by atoms with Crippen LogP contribution in [-0.2, 0) is 0 Å². The number of nitrogens with zero attached hydrogens (tertiary/aromatic N) is 1. The van der Waals surface area contributed by atoms with E-state index in [4.69, 9.17) is 23.2 Å². The van der Waals surface area contributed by atoms with Crippen LogP contribution in [-0.4, -0.2) is 25.2 Å². The third kappa shape index (κ3) is 3.51. The van der Waals surface area contributed by atoms with Crippen molar-refractivity contribution in [2.45, 2.75) is 25.8 Å². The predicted octanol–water partition coefficient (Wildman–Crippen LogP) is 3.57. The largest absolute Gasteiger partial charge is 0.370 e. The van der Waals surface area contributed by atoms with E-state index < -0.39 is 0 Å². The van der Waals surface area contributed by atoms with E-state index in [0.29, 0.717) is 10.0 Å². The second-order valence-electron chi connectivity index (χ2n) is 5.21. The third-order valence-corrected chi connectivity index (χ3v) is 3.44. The fraction of sp³-hybridized carbons (Fsp3) is 0.538. The first-order valence-electron chi connectivity index (χ1n) is 5.92. The Labute approximate surface area is 113 Å². The summed E-state index contributed by atoms with van der Waals surface area (Å²) in [6.45, 7) is 7.49. The zero-order valence-electron chi connectivity index (χ0n) is 10.3. The zero-order chi connectivity index (χ0) is 12.5. The summed E-state index contributed by atoms with van der Waals surface area (Å²) in [6.07, 6.45) is 1.13. The van der Waals surface area contributed by atoms with Crippen molar-refractivity contribution in [1.29, 1.82) is 0 Å². The van der Waals surface area contributed by atoms with Crippen molar-refractivity contribution in [3.05, 3.63) is 28.2 Å². The molecule has 0 unspecified atom stereocenters. The van der Waals surface area contributed by atoms with Crippen LogP contribution in [0, 0.1) is 0 Å². The minimum absolute atomic E-state index is 0.116. The first-order valence-corrected chi connectivity index (χ1v) is 6.68. The molecule has 1 aromatic rings. The Balaban J connectivity index is 2.25. The average molecular weight is 273 g/mol. The second-order valence-corrected chi connectivity index (χ2v) is 6.09. The van der Waals surface area contributed by atoms with Gasteiger partial charge in [0.15, 0.2) is 0 Å². The molecule has 1 heterocycles. The van der Waals surface area contributed by atoms with Gasteiger partial charge in [-0.25, -0.2) is 0 Å². The van der Waals surface area contributed by atoms with E-state index in [0.717, 1.165) is 31.7 Å². The van der Waals surface area contributed by atoms with E-state index in [2.05, 4.69) is 24.1 Å². The molecular weight excluding hydrogens is 255 g/mol. The summed E-state index contributed by atoms with van der Waals surface area (Å²) in [6, 6.07) is 5.73. The Morgan fingerprint density at radius 2 is 1.82 bits per heavy atom. The summed E-state index contributed by atoms with van der Waals surface area (Å²) >= 11 is 12.1. The number of hydrogen-bond acceptors (Lipinski definition) is 2. The molecule has 2 rings (SSSR count). The number of benzene rings is 1. The summed E-state index contributed by atoms with van der Waals surface area (Å²) in [7, 11) is 0. The lowest BCUT2D eigenvalue weighted by molar-refractivity contribution is 0.416. The first kappa shape index (κ1) is 13.0. The third-order valence-electron chi connectivity index (χ3n) is 3.01. The van der Waals surface area contributed by atoms with Crippen LogP contribution < -0.4 is 10.2 Å². The van der Waals surface area contributed by atoms with Gasteiger partial charge < -0.3 is 10.2 Å². The molecule has 4 heteroatoms. The minimum atomic E-state index is 0.116. The van der Waals surface area contributed by atoms with Crippen molar-refractivity contribution < 1.29 is 0 Å². The highest BCUT2D eigenvalue weighted by Crippen LogP contribution is 2.27. The maximum Gasteiger partial charge on any atom is 0.0441 e. The van der Waals surface area contributed by atoms with Gasteiger partial charge in [0.25, 0.3) is 0 Å². The van der Waals surface area contributed by atoms with Gasteiger partial charge in [0.2, 0.25) is 0 Å². The Kier molecular flexibility index (Phi) is 3.86. The van der Waals surface area contributed by atoms with Gasteiger partial charge in [-0.15, -0.1) is 0 Å². The maximum atomic E-state index is 6.05. The molecule has 0 aliphatic carbocycles. The molecule has 0 bridgehead atoms. The lowest BCUT2D eigenvalue weighted by Crippen LogP contribution is -2.46. The van der Waals surface area contributed by atoms with Gasteiger partial charge in [-0.1, -0.05) is 23.2 Å². The minimum Gasteiger partial charge on any atom is -0.370 e. The van der Waals surface area contributed by atoms with Crippen molar-refractivity contribution in [1.82, 2.24) is 5.32 Å². The van der Waals surface area contributed by atoms with Crippen molar-refractivity contribution in [2.24, 2.45) is 0 Å². The molecule has 0 spiro atoms. The average Bonchev–Trinajstić information content (AvgIpc) is 2.37. The monoisotopic (exact) mass is 272 g/mol. The van der Waals surface area contributed by atoms with Gasteiger partial charge in [-0.3, -0.25) is 0 Å². The molecule has 0 radical (unpaired) electrons. The second kappa shape index (κ2) is 5.05. The number of halogens is 2. The Bertz CT molecular complexity index is 384. The zero-order valence-corrected chi connectivity index (χ0v) is 11.8. The molecule has 1 N–H and O–H groups in total. The number of anilines is 1. The number of hydrogen-bond donors (Lipinski definition) is 1. The van der Waals surface area contributed by atoms with E-state index in [1.165, 1.54) is 0 Å². The van der Waals surface area contributed by atoms with Crippen molar-refractivity contribution in [3.8, 4) is 0 Å². The molecule has 0 saturated carbocycles. The molecular formula is C13H18Cl2N2. The maximum absolute atomic E-state index is 6.05. The number of rotatable bonds is 1. The van der Waals surface area contributed by atoms with E-state index >= 15 is 0 Å². The fourth-order valence-electron chi connectivity index (χ4n) is 2.25. The highest BCUT2D eigenvalue weighted by Gasteiger charge is 2.24. The van der Waals surface area contributed by atoms with Crippen LogP contribution in [0.4, 0.5) is 5.69 Å². The normalized spacial score (nSPS) is 20.1. The highest BCUT2D eigenvalue weighted by atomic mass is 35.5. The first-order chi connectivity index (χ1) is 7.96. The van der Waals surface area contributed by atoms with Crippen LogP contribution in [0.25, 0.3) is 0 Å². The lowest BCUT2D eigenvalue weighted by Gasteiger charge is -2.31. The summed E-state index contributed by atoms with van der Waals surface area (Å²) in [5, 5.41) is 4.94. The molecule has 0 aromatic heterocycles. The Hall–Kier alpha value is -0.440. The lowest BCUT2D eigenvalue weighted by atomic mass is 10.1. The van der Waals surface area contributed by atoms with E-state index in [1.807, 2.05) is 12.1 Å². The van der Waals surface area contributed by atoms with Gasteiger partial charge in [0.05, 0.1) is 0 Å². The van der Waals surface area contributed by atoms with Crippen molar-refractivity contribution in [2.75, 3.05) is 24.5 Å². The van der Waals surface area contributed by atoms with E-state index in [9.17, 15) is 0 Å². The molecule has 1 aliphatic heterocycles. The quantitative estimate of drug-likeness (QED) is 0.841. The summed E-state index contributed by atoms with van der Waals surface area (Å²) < 4.78 is 0. The van der Waals surface area contributed by atoms with E-state index in [1.54, 1.807) is 6.07 Å². The summed E-state index contributed by atoms with van der Waals surface area (Å²) in [5.41, 5.74) is 1.23. The molecule has 1 saturated heterocycles. The van der Waals surface area contributed by atoms with Gasteiger partial charge in [0, 0.05) is 34.4 Å². The molecule has 1 aliphatic rings. The molecule has 2 nitrogen and oxygen atoms in total. The molecule has 0 amide bonds. The van der Waals surface area contributed by atoms with Crippen molar-refractivity contribution in [3.63, 3.8) is 0 Å². The van der Waals surface area contributed by atoms with Gasteiger partial charge in [-0.2, -0.15) is 0 Å². The van der Waals surface area contributed by atoms with Crippen LogP contribution in [0.1, 0.15) is 20.3 Å². The molecule has 0 atom stereocenters. The Morgan fingerprint density at radius 1 is 1.18 bits per heavy atom. The number of nitrogens with one attached hydrogen (secondary N) is 1. The Morgan fingerprint density at radius 3 is 2.47 bits per heavy atom. The smallest absolute Gasteiger partial charge is 0.0441 e. The van der Waals surface area contributed by atoms with Crippen molar-refractivity contribution >= 4 is 28.9 Å². The molecule has 94 valence electrons. The van der Waals surface area contributed by atoms with Gasteiger partial charge >= 0.3 is 0 Å². The van der Waals surface area contributed by atoms with Gasteiger partial charge in [0.1, 0.15) is 0 Å². The molecule has 17 heavy (non-hydrogen) atoms. The summed E-state index contributed by atoms with van der Waals surface area (Å²) in [5.74, 6) is 0. The predicted molar refractivity (Wildman–Crippen MR) is 75.4 cm³/mol. The fourth-order valence-corrected chi connectivity index (χ4v) is 2.77. The standard InChI is InChI=1S/C13H18Cl2N2/c1-13(2)9-17(5-3-4-16-13)12-7-10(14)6-11(15)8-12/h6-8,16H,3-5,9H2,1-2H3. The van der Waals surface area contributed by atoms with Crippen LogP contribution in [0.15, 0.2) is 18.2 Å². The van der Waals surface area contributed by atoms with Crippen LogP contribution in [0.3, 0.4) is 0 Å². The van der Waals surface area contributed by atoms with Crippen LogP contribution >= 0.6 is 23.2 Å². The van der Waals surface area contributed by atoms with Crippen LogP contribution in [0.5, 0.6) is 0 Å². The molecule has 1 aromatic carbocycles. The highest BCUT2D eigenvalue weighted by molar-refractivity contribution is 6.35. The molecule has 1 fully saturated rings. The summed E-state index contributed by atoms with van der Waals surface area (Å²) in [4.78, 5) is 2.34. The van der Waals surface area contributed by atoms with E-state index in [-0.39, 0.29) is 5.54 Å². The topological polar surface area (TPSA) is 15.3 Å². The van der Waals surface area contributed by atoms with Gasteiger partial charge in [-0.05, 0) is 45.0 Å². The van der Waals surface area contributed by atoms with Crippen LogP contribution in [0.2, 0.25) is 10.0 Å².